The third kappa shape index (κ3) is 3.01. The molecule has 1 aromatic heterocycles. The molecule has 0 amide bonds. The number of nitrogens with one attached hydrogen (secondary N) is 1. The van der Waals surface area contributed by atoms with E-state index in [1.54, 1.807) is 12.1 Å². The van der Waals surface area contributed by atoms with E-state index in [1.165, 1.54) is 12.1 Å². The number of rotatable bonds is 4. The molecule has 1 heterocycles. The first-order valence-corrected chi connectivity index (χ1v) is 6.23. The van der Waals surface area contributed by atoms with Gasteiger partial charge in [-0.25, -0.2) is 14.4 Å². The molecule has 0 atom stereocenters. The molecule has 0 bridgehead atoms. The number of aryl methyl sites for hydroxylation is 1. The number of anilines is 3. The summed E-state index contributed by atoms with van der Waals surface area (Å²) in [4.78, 5) is 8.40. The van der Waals surface area contributed by atoms with E-state index in [9.17, 15) is 4.39 Å². The first-order chi connectivity index (χ1) is 9.63. The third-order valence-electron chi connectivity index (χ3n) is 2.65. The predicted octanol–water partition coefficient (Wildman–Crippen LogP) is 2.77. The molecule has 0 aliphatic carbocycles. The third-order valence-corrected chi connectivity index (χ3v) is 2.65. The summed E-state index contributed by atoms with van der Waals surface area (Å²) in [5.74, 6) is 0.821. The number of halogens is 1. The summed E-state index contributed by atoms with van der Waals surface area (Å²) in [5, 5.41) is 11.9. The lowest BCUT2D eigenvalue weighted by molar-refractivity contribution is 0.624. The molecule has 2 rings (SSSR count). The molecular weight excluding hydrogens is 257 g/mol. The topological polar surface area (TPSA) is 87.6 Å². The molecule has 0 aliphatic heterocycles. The molecule has 0 unspecified atom stereocenters. The van der Waals surface area contributed by atoms with Gasteiger partial charge in [0.05, 0.1) is 5.69 Å². The summed E-state index contributed by atoms with van der Waals surface area (Å²) >= 11 is 0. The average molecular weight is 271 g/mol. The molecule has 0 radical (unpaired) electrons. The first-order valence-electron chi connectivity index (χ1n) is 6.23. The standard InChI is InChI=1S/C14H14FN5/c1-2-4-13-19-12(17)7-14(20-13)18-11-6-3-5-10(15)9(11)8-16/h3,5-7H,2,4H2,1H3,(H3,17,18,19,20). The van der Waals surface area contributed by atoms with Crippen molar-refractivity contribution in [2.75, 3.05) is 11.1 Å². The van der Waals surface area contributed by atoms with Crippen molar-refractivity contribution in [3.63, 3.8) is 0 Å². The van der Waals surface area contributed by atoms with Crippen molar-refractivity contribution in [1.82, 2.24) is 9.97 Å². The molecule has 0 saturated carbocycles. The van der Waals surface area contributed by atoms with Gasteiger partial charge in [-0.1, -0.05) is 13.0 Å². The van der Waals surface area contributed by atoms with Gasteiger partial charge in [-0.2, -0.15) is 5.26 Å². The fraction of sp³-hybridized carbons (Fsp3) is 0.214. The van der Waals surface area contributed by atoms with Crippen molar-refractivity contribution in [2.24, 2.45) is 0 Å². The quantitative estimate of drug-likeness (QED) is 0.892. The molecule has 0 fully saturated rings. The van der Waals surface area contributed by atoms with Gasteiger partial charge in [0.1, 0.15) is 34.9 Å². The first kappa shape index (κ1) is 13.7. The van der Waals surface area contributed by atoms with Gasteiger partial charge in [-0.15, -0.1) is 0 Å². The summed E-state index contributed by atoms with van der Waals surface area (Å²) in [6.07, 6.45) is 1.60. The lowest BCUT2D eigenvalue weighted by Gasteiger charge is -2.09. The van der Waals surface area contributed by atoms with Crippen LogP contribution < -0.4 is 11.1 Å². The lowest BCUT2D eigenvalue weighted by Crippen LogP contribution is -2.04. The summed E-state index contributed by atoms with van der Waals surface area (Å²) in [6, 6.07) is 7.74. The Morgan fingerprint density at radius 2 is 2.20 bits per heavy atom. The molecule has 1 aromatic carbocycles. The Kier molecular flexibility index (Phi) is 4.11. The SMILES string of the molecule is CCCc1nc(N)cc(Nc2cccc(F)c2C#N)n1. The highest BCUT2D eigenvalue weighted by Crippen LogP contribution is 2.22. The molecular formula is C14H14FN5. The molecule has 6 heteroatoms. The second kappa shape index (κ2) is 5.97. The van der Waals surface area contributed by atoms with E-state index < -0.39 is 5.82 Å². The van der Waals surface area contributed by atoms with Crippen molar-refractivity contribution in [3.05, 3.63) is 41.5 Å². The van der Waals surface area contributed by atoms with Crippen molar-refractivity contribution < 1.29 is 4.39 Å². The van der Waals surface area contributed by atoms with Crippen LogP contribution in [0.4, 0.5) is 21.7 Å². The van der Waals surface area contributed by atoms with Gasteiger partial charge >= 0.3 is 0 Å². The summed E-state index contributed by atoms with van der Waals surface area (Å²) in [6.45, 7) is 2.01. The predicted molar refractivity (Wildman–Crippen MR) is 74.8 cm³/mol. The molecule has 0 spiro atoms. The number of benzene rings is 1. The largest absolute Gasteiger partial charge is 0.384 e. The normalized spacial score (nSPS) is 10.1. The number of aromatic nitrogens is 2. The monoisotopic (exact) mass is 271 g/mol. The fourth-order valence-corrected chi connectivity index (χ4v) is 1.80. The van der Waals surface area contributed by atoms with Crippen LogP contribution in [-0.2, 0) is 6.42 Å². The van der Waals surface area contributed by atoms with E-state index in [2.05, 4.69) is 15.3 Å². The number of nitrogen functional groups attached to an aromatic ring is 1. The van der Waals surface area contributed by atoms with Crippen molar-refractivity contribution >= 4 is 17.3 Å². The molecule has 20 heavy (non-hydrogen) atoms. The van der Waals surface area contributed by atoms with Crippen LogP contribution >= 0.6 is 0 Å². The maximum Gasteiger partial charge on any atom is 0.143 e. The van der Waals surface area contributed by atoms with E-state index in [-0.39, 0.29) is 5.56 Å². The van der Waals surface area contributed by atoms with Crippen LogP contribution in [0.3, 0.4) is 0 Å². The van der Waals surface area contributed by atoms with Crippen LogP contribution in [0.1, 0.15) is 24.7 Å². The molecule has 0 aliphatic rings. The molecule has 102 valence electrons. The van der Waals surface area contributed by atoms with Crippen LogP contribution in [0.15, 0.2) is 24.3 Å². The van der Waals surface area contributed by atoms with E-state index in [0.29, 0.717) is 29.6 Å². The van der Waals surface area contributed by atoms with E-state index in [0.717, 1.165) is 6.42 Å². The Bertz CT molecular complexity index is 663. The lowest BCUT2D eigenvalue weighted by atomic mass is 10.2. The Hall–Kier alpha value is -2.68. The zero-order valence-electron chi connectivity index (χ0n) is 11.0. The highest BCUT2D eigenvalue weighted by molar-refractivity contribution is 5.65. The van der Waals surface area contributed by atoms with Gasteiger partial charge in [0.25, 0.3) is 0 Å². The van der Waals surface area contributed by atoms with Gasteiger partial charge in [0.15, 0.2) is 0 Å². The van der Waals surface area contributed by atoms with E-state index >= 15 is 0 Å². The minimum Gasteiger partial charge on any atom is -0.384 e. The van der Waals surface area contributed by atoms with Gasteiger partial charge < -0.3 is 11.1 Å². The van der Waals surface area contributed by atoms with E-state index in [1.807, 2.05) is 13.0 Å². The fourth-order valence-electron chi connectivity index (χ4n) is 1.80. The zero-order valence-corrected chi connectivity index (χ0v) is 11.0. The van der Waals surface area contributed by atoms with Gasteiger partial charge in [0.2, 0.25) is 0 Å². The van der Waals surface area contributed by atoms with Crippen molar-refractivity contribution in [1.29, 1.82) is 5.26 Å². The Morgan fingerprint density at radius 1 is 1.40 bits per heavy atom. The highest BCUT2D eigenvalue weighted by atomic mass is 19.1. The zero-order chi connectivity index (χ0) is 14.5. The summed E-state index contributed by atoms with van der Waals surface area (Å²) < 4.78 is 13.5. The minimum absolute atomic E-state index is 0.0540. The average Bonchev–Trinajstić information content (AvgIpc) is 2.38. The number of nitriles is 1. The van der Waals surface area contributed by atoms with Crippen LogP contribution in [0.2, 0.25) is 0 Å². The van der Waals surface area contributed by atoms with Crippen molar-refractivity contribution in [3.8, 4) is 6.07 Å². The van der Waals surface area contributed by atoms with Crippen LogP contribution in [-0.4, -0.2) is 9.97 Å². The highest BCUT2D eigenvalue weighted by Gasteiger charge is 2.09. The second-order valence-electron chi connectivity index (χ2n) is 4.24. The Labute approximate surface area is 116 Å². The van der Waals surface area contributed by atoms with Crippen molar-refractivity contribution in [2.45, 2.75) is 19.8 Å². The van der Waals surface area contributed by atoms with Crippen LogP contribution in [0, 0.1) is 17.1 Å². The smallest absolute Gasteiger partial charge is 0.143 e. The maximum absolute atomic E-state index is 13.5. The Morgan fingerprint density at radius 3 is 2.90 bits per heavy atom. The van der Waals surface area contributed by atoms with E-state index in [4.69, 9.17) is 11.0 Å². The van der Waals surface area contributed by atoms with Gasteiger partial charge in [-0.3, -0.25) is 0 Å². The second-order valence-corrected chi connectivity index (χ2v) is 4.24. The summed E-state index contributed by atoms with van der Waals surface area (Å²) in [7, 11) is 0. The number of nitrogens with two attached hydrogens (primary N) is 1. The minimum atomic E-state index is -0.576. The molecule has 0 saturated heterocycles. The maximum atomic E-state index is 13.5. The Balaban J connectivity index is 2.35. The summed E-state index contributed by atoms with van der Waals surface area (Å²) in [5.41, 5.74) is 6.01. The molecule has 2 aromatic rings. The van der Waals surface area contributed by atoms with Gasteiger partial charge in [0, 0.05) is 12.5 Å². The van der Waals surface area contributed by atoms with Crippen LogP contribution in [0.5, 0.6) is 0 Å². The molecule has 5 nitrogen and oxygen atoms in total. The van der Waals surface area contributed by atoms with Crippen LogP contribution in [0.25, 0.3) is 0 Å². The number of hydrogen-bond donors (Lipinski definition) is 2. The van der Waals surface area contributed by atoms with Gasteiger partial charge in [-0.05, 0) is 18.6 Å². The molecule has 3 N–H and O–H groups in total. The number of hydrogen-bond acceptors (Lipinski definition) is 5. The number of nitrogens with zero attached hydrogens (tertiary/aromatic N) is 3.